The summed E-state index contributed by atoms with van der Waals surface area (Å²) >= 11 is 7.57. The Morgan fingerprint density at radius 2 is 1.83 bits per heavy atom. The molecule has 0 bridgehead atoms. The monoisotopic (exact) mass is 538 g/mol. The van der Waals surface area contributed by atoms with Gasteiger partial charge in [0, 0.05) is 30.6 Å². The number of thiazole rings is 1. The Morgan fingerprint density at radius 1 is 1.14 bits per heavy atom. The van der Waals surface area contributed by atoms with Crippen molar-refractivity contribution in [3.63, 3.8) is 0 Å². The van der Waals surface area contributed by atoms with Crippen molar-refractivity contribution in [2.75, 3.05) is 45.2 Å². The third-order valence-corrected chi connectivity index (χ3v) is 9.27. The van der Waals surface area contributed by atoms with Gasteiger partial charge in [-0.25, -0.2) is 17.8 Å². The highest BCUT2D eigenvalue weighted by Crippen LogP contribution is 2.33. The number of rotatable bonds is 8. The highest BCUT2D eigenvalue weighted by Gasteiger charge is 2.35. The minimum absolute atomic E-state index is 0.0345. The third kappa shape index (κ3) is 6.00. The predicted molar refractivity (Wildman–Crippen MR) is 138 cm³/mol. The van der Waals surface area contributed by atoms with Gasteiger partial charge >= 0.3 is 0 Å². The predicted octanol–water partition coefficient (Wildman–Crippen LogP) is 4.47. The van der Waals surface area contributed by atoms with Crippen molar-refractivity contribution in [3.8, 4) is 0 Å². The standard InChI is InChI=1S/C24H28ClFN4O3S2/c1-28(2)12-3-13-30(24-27-21-9-4-18(25)16-22(21)34-24)23(31)17-10-14-29(15-11-17)35(32,33)20-7-5-19(26)6-8-20/h4-9,16-17H,3,10-15H2,1-2H3. The summed E-state index contributed by atoms with van der Waals surface area (Å²) < 4.78 is 41.4. The topological polar surface area (TPSA) is 73.8 Å². The fraction of sp³-hybridized carbons (Fsp3) is 0.417. The lowest BCUT2D eigenvalue weighted by Gasteiger charge is -2.33. The Hall–Kier alpha value is -2.11. The van der Waals surface area contributed by atoms with E-state index in [9.17, 15) is 17.6 Å². The molecule has 3 aromatic rings. The van der Waals surface area contributed by atoms with Gasteiger partial charge in [0.1, 0.15) is 5.82 Å². The number of sulfonamides is 1. The van der Waals surface area contributed by atoms with Crippen molar-refractivity contribution in [2.24, 2.45) is 5.92 Å². The van der Waals surface area contributed by atoms with Crippen LogP contribution in [0.5, 0.6) is 0 Å². The normalized spacial score (nSPS) is 15.7. The molecule has 0 spiro atoms. The number of piperidine rings is 1. The fourth-order valence-electron chi connectivity index (χ4n) is 4.17. The molecular weight excluding hydrogens is 511 g/mol. The molecule has 1 amide bonds. The van der Waals surface area contributed by atoms with E-state index in [1.54, 1.807) is 11.0 Å². The van der Waals surface area contributed by atoms with Crippen LogP contribution in [-0.2, 0) is 14.8 Å². The first-order valence-corrected chi connectivity index (χ1v) is 14.1. The summed E-state index contributed by atoms with van der Waals surface area (Å²) in [6.07, 6.45) is 1.62. The third-order valence-electron chi connectivity index (χ3n) is 6.08. The van der Waals surface area contributed by atoms with Gasteiger partial charge in [0.15, 0.2) is 5.13 Å². The summed E-state index contributed by atoms with van der Waals surface area (Å²) in [6.45, 7) is 1.82. The minimum Gasteiger partial charge on any atom is -0.309 e. The maximum absolute atomic E-state index is 13.6. The molecule has 0 unspecified atom stereocenters. The Morgan fingerprint density at radius 3 is 2.49 bits per heavy atom. The molecule has 1 aliphatic heterocycles. The van der Waals surface area contributed by atoms with Gasteiger partial charge in [-0.1, -0.05) is 22.9 Å². The van der Waals surface area contributed by atoms with Crippen molar-refractivity contribution in [1.82, 2.24) is 14.2 Å². The van der Waals surface area contributed by atoms with Crippen molar-refractivity contribution in [3.05, 3.63) is 53.3 Å². The van der Waals surface area contributed by atoms with Gasteiger partial charge in [0.05, 0.1) is 15.1 Å². The van der Waals surface area contributed by atoms with Gasteiger partial charge in [-0.2, -0.15) is 4.31 Å². The van der Waals surface area contributed by atoms with Crippen molar-refractivity contribution >= 4 is 54.2 Å². The van der Waals surface area contributed by atoms with E-state index in [1.165, 1.54) is 27.8 Å². The quantitative estimate of drug-likeness (QED) is 0.423. The van der Waals surface area contributed by atoms with E-state index in [4.69, 9.17) is 11.6 Å². The van der Waals surface area contributed by atoms with Crippen LogP contribution in [0.4, 0.5) is 9.52 Å². The van der Waals surface area contributed by atoms with Gasteiger partial charge in [-0.3, -0.25) is 9.69 Å². The first-order chi connectivity index (χ1) is 16.6. The highest BCUT2D eigenvalue weighted by atomic mass is 35.5. The molecule has 11 heteroatoms. The zero-order chi connectivity index (χ0) is 25.2. The van der Waals surface area contributed by atoms with Crippen LogP contribution in [0.25, 0.3) is 10.2 Å². The second-order valence-corrected chi connectivity index (χ2v) is 12.3. The molecule has 0 atom stereocenters. The molecule has 1 aliphatic rings. The SMILES string of the molecule is CN(C)CCCN(C(=O)C1CCN(S(=O)(=O)c2ccc(F)cc2)CC1)c1nc2ccc(Cl)cc2s1. The number of halogens is 2. The molecule has 2 heterocycles. The van der Waals surface area contributed by atoms with Crippen LogP contribution >= 0.6 is 22.9 Å². The number of hydrogen-bond donors (Lipinski definition) is 0. The van der Waals surface area contributed by atoms with E-state index in [0.717, 1.165) is 35.3 Å². The van der Waals surface area contributed by atoms with E-state index in [-0.39, 0.29) is 29.8 Å². The molecule has 1 aromatic heterocycles. The van der Waals surface area contributed by atoms with Gasteiger partial charge in [0.25, 0.3) is 0 Å². The number of nitrogens with zero attached hydrogens (tertiary/aromatic N) is 4. The molecule has 0 N–H and O–H groups in total. The number of benzene rings is 2. The molecular formula is C24H28ClFN4O3S2. The van der Waals surface area contributed by atoms with E-state index < -0.39 is 15.8 Å². The lowest BCUT2D eigenvalue weighted by molar-refractivity contribution is -0.123. The number of hydrogen-bond acceptors (Lipinski definition) is 6. The number of carbonyl (C=O) groups excluding carboxylic acids is 1. The van der Waals surface area contributed by atoms with Crippen LogP contribution in [0.15, 0.2) is 47.4 Å². The number of carbonyl (C=O) groups is 1. The largest absolute Gasteiger partial charge is 0.309 e. The highest BCUT2D eigenvalue weighted by molar-refractivity contribution is 7.89. The second kappa shape index (κ2) is 10.9. The summed E-state index contributed by atoms with van der Waals surface area (Å²) in [5.41, 5.74) is 0.792. The first kappa shape index (κ1) is 26.0. The smallest absolute Gasteiger partial charge is 0.243 e. The van der Waals surface area contributed by atoms with Gasteiger partial charge in [-0.15, -0.1) is 0 Å². The zero-order valence-electron chi connectivity index (χ0n) is 19.7. The van der Waals surface area contributed by atoms with Crippen LogP contribution in [0, 0.1) is 11.7 Å². The van der Waals surface area contributed by atoms with Crippen LogP contribution < -0.4 is 4.90 Å². The van der Waals surface area contributed by atoms with Crippen LogP contribution in [-0.4, -0.2) is 68.8 Å². The molecule has 1 saturated heterocycles. The van der Waals surface area contributed by atoms with Crippen LogP contribution in [0.3, 0.4) is 0 Å². The maximum Gasteiger partial charge on any atom is 0.243 e. The minimum atomic E-state index is -3.73. The maximum atomic E-state index is 13.6. The molecule has 4 rings (SSSR count). The fourth-order valence-corrected chi connectivity index (χ4v) is 6.91. The van der Waals surface area contributed by atoms with E-state index in [0.29, 0.717) is 29.5 Å². The van der Waals surface area contributed by atoms with Crippen molar-refractivity contribution in [2.45, 2.75) is 24.2 Å². The molecule has 0 radical (unpaired) electrons. The van der Waals surface area contributed by atoms with Crippen LogP contribution in [0.2, 0.25) is 5.02 Å². The molecule has 2 aromatic carbocycles. The molecule has 1 fully saturated rings. The Kier molecular flexibility index (Phi) is 8.07. The number of amides is 1. The molecule has 0 saturated carbocycles. The molecule has 7 nitrogen and oxygen atoms in total. The summed E-state index contributed by atoms with van der Waals surface area (Å²) in [6, 6.07) is 10.3. The summed E-state index contributed by atoms with van der Waals surface area (Å²) in [5, 5.41) is 1.25. The Balaban J connectivity index is 1.49. The van der Waals surface area contributed by atoms with Gasteiger partial charge in [-0.05, 0) is 82.4 Å². The van der Waals surface area contributed by atoms with E-state index in [2.05, 4.69) is 9.88 Å². The zero-order valence-corrected chi connectivity index (χ0v) is 22.0. The second-order valence-electron chi connectivity index (χ2n) is 8.89. The van der Waals surface area contributed by atoms with E-state index in [1.807, 2.05) is 26.2 Å². The Labute approximate surface area is 214 Å². The van der Waals surface area contributed by atoms with Gasteiger partial charge < -0.3 is 4.90 Å². The average molecular weight is 539 g/mol. The molecule has 188 valence electrons. The molecule has 0 aliphatic carbocycles. The number of anilines is 1. The average Bonchev–Trinajstić information content (AvgIpc) is 3.24. The van der Waals surface area contributed by atoms with Crippen molar-refractivity contribution in [1.29, 1.82) is 0 Å². The number of fused-ring (bicyclic) bond motifs is 1. The van der Waals surface area contributed by atoms with Crippen molar-refractivity contribution < 1.29 is 17.6 Å². The summed E-state index contributed by atoms with van der Waals surface area (Å²) in [7, 11) is 0.246. The Bertz CT molecular complexity index is 1290. The van der Waals surface area contributed by atoms with Gasteiger partial charge in [0.2, 0.25) is 15.9 Å². The van der Waals surface area contributed by atoms with Crippen LogP contribution in [0.1, 0.15) is 19.3 Å². The summed E-state index contributed by atoms with van der Waals surface area (Å²) in [4.78, 5) is 22.2. The first-order valence-electron chi connectivity index (χ1n) is 11.4. The lowest BCUT2D eigenvalue weighted by Crippen LogP contribution is -2.45. The number of aromatic nitrogens is 1. The lowest BCUT2D eigenvalue weighted by atomic mass is 9.96. The summed E-state index contributed by atoms with van der Waals surface area (Å²) in [5.74, 6) is -0.822. The van der Waals surface area contributed by atoms with E-state index >= 15 is 0 Å². The molecule has 35 heavy (non-hydrogen) atoms.